The van der Waals surface area contributed by atoms with Crippen molar-refractivity contribution in [2.24, 2.45) is 0 Å². The van der Waals surface area contributed by atoms with Crippen LogP contribution in [0.2, 0.25) is 0 Å². The van der Waals surface area contributed by atoms with Gasteiger partial charge in [-0.15, -0.1) is 0 Å². The van der Waals surface area contributed by atoms with E-state index in [1.807, 2.05) is 24.5 Å². The molecule has 0 atom stereocenters. The van der Waals surface area contributed by atoms with Gasteiger partial charge in [0.15, 0.2) is 0 Å². The van der Waals surface area contributed by atoms with Gasteiger partial charge in [0.2, 0.25) is 6.29 Å². The van der Waals surface area contributed by atoms with Crippen molar-refractivity contribution >= 4 is 18.4 Å². The molecule has 1 radical (unpaired) electrons. The maximum absolute atomic E-state index is 10.5. The van der Waals surface area contributed by atoms with Crippen LogP contribution in [0, 0.1) is 0 Å². The largest absolute Gasteiger partial charge is 0.379 e. The van der Waals surface area contributed by atoms with Gasteiger partial charge in [-0.25, -0.2) is 0 Å². The third kappa shape index (κ3) is 4.62. The molecule has 3 rings (SSSR count). The van der Waals surface area contributed by atoms with Crippen LogP contribution in [0.3, 0.4) is 0 Å². The van der Waals surface area contributed by atoms with E-state index in [0.29, 0.717) is 5.56 Å². The smallest absolute Gasteiger partial charge is 0.233 e. The summed E-state index contributed by atoms with van der Waals surface area (Å²) < 4.78 is 5.37. The minimum Gasteiger partial charge on any atom is -0.379 e. The second-order valence-corrected chi connectivity index (χ2v) is 5.69. The second kappa shape index (κ2) is 7.86. The van der Waals surface area contributed by atoms with Crippen molar-refractivity contribution in [3.05, 3.63) is 70.8 Å². The van der Waals surface area contributed by atoms with Crippen LogP contribution in [0.15, 0.2) is 48.5 Å². The van der Waals surface area contributed by atoms with Crippen LogP contribution < -0.4 is 0 Å². The Morgan fingerprint density at radius 3 is 2.04 bits per heavy atom. The first-order valence-corrected chi connectivity index (χ1v) is 7.89. The normalized spacial score (nSPS) is 15.8. The fourth-order valence-corrected chi connectivity index (χ4v) is 2.61. The van der Waals surface area contributed by atoms with E-state index in [2.05, 4.69) is 35.2 Å². The zero-order valence-electron chi connectivity index (χ0n) is 13.1. The van der Waals surface area contributed by atoms with Crippen LogP contribution in [0.1, 0.15) is 22.3 Å². The Morgan fingerprint density at radius 2 is 1.48 bits per heavy atom. The Kier molecular flexibility index (Phi) is 5.35. The lowest BCUT2D eigenvalue weighted by Crippen LogP contribution is -2.35. The molecule has 0 spiro atoms. The van der Waals surface area contributed by atoms with Crippen molar-refractivity contribution in [3.63, 3.8) is 0 Å². The second-order valence-electron chi connectivity index (χ2n) is 5.69. The van der Waals surface area contributed by atoms with Crippen molar-refractivity contribution in [1.82, 2.24) is 4.90 Å². The van der Waals surface area contributed by atoms with Gasteiger partial charge in [0.25, 0.3) is 0 Å². The third-order valence-electron chi connectivity index (χ3n) is 3.99. The minimum absolute atomic E-state index is 0.578. The predicted molar refractivity (Wildman–Crippen MR) is 92.7 cm³/mol. The Bertz CT molecular complexity index is 653. The summed E-state index contributed by atoms with van der Waals surface area (Å²) in [7, 11) is 0. The quantitative estimate of drug-likeness (QED) is 0.795. The van der Waals surface area contributed by atoms with Gasteiger partial charge in [-0.2, -0.15) is 0 Å². The third-order valence-corrected chi connectivity index (χ3v) is 3.99. The molecule has 117 valence electrons. The topological polar surface area (TPSA) is 29.5 Å². The Hall–Kier alpha value is -2.23. The van der Waals surface area contributed by atoms with Gasteiger partial charge in [0, 0.05) is 25.2 Å². The fourth-order valence-electron chi connectivity index (χ4n) is 2.61. The molecule has 1 aliphatic rings. The highest BCUT2D eigenvalue weighted by atomic mass is 16.5. The van der Waals surface area contributed by atoms with Crippen molar-refractivity contribution in [1.29, 1.82) is 0 Å². The Balaban J connectivity index is 1.59. The molecule has 0 amide bonds. The van der Waals surface area contributed by atoms with Crippen LogP contribution in [-0.2, 0) is 16.1 Å². The van der Waals surface area contributed by atoms with Gasteiger partial charge in [0.1, 0.15) is 0 Å². The van der Waals surface area contributed by atoms with E-state index in [-0.39, 0.29) is 0 Å². The first-order chi connectivity index (χ1) is 11.3. The van der Waals surface area contributed by atoms with E-state index in [4.69, 9.17) is 4.74 Å². The summed E-state index contributed by atoms with van der Waals surface area (Å²) in [4.78, 5) is 12.9. The van der Waals surface area contributed by atoms with E-state index in [0.717, 1.165) is 38.4 Å². The lowest BCUT2D eigenvalue weighted by Gasteiger charge is -2.26. The van der Waals surface area contributed by atoms with Crippen LogP contribution in [-0.4, -0.2) is 37.5 Å². The van der Waals surface area contributed by atoms with Gasteiger partial charge in [0.05, 0.1) is 13.2 Å². The van der Waals surface area contributed by atoms with Gasteiger partial charge < -0.3 is 4.74 Å². The van der Waals surface area contributed by atoms with E-state index in [1.165, 1.54) is 11.1 Å². The lowest BCUT2D eigenvalue weighted by atomic mass is 10.1. The van der Waals surface area contributed by atoms with Gasteiger partial charge >= 0.3 is 0 Å². The molecule has 1 aliphatic heterocycles. The van der Waals surface area contributed by atoms with Crippen LogP contribution >= 0.6 is 0 Å². The summed E-state index contributed by atoms with van der Waals surface area (Å²) in [5.41, 5.74) is 4.15. The van der Waals surface area contributed by atoms with E-state index >= 15 is 0 Å². The highest BCUT2D eigenvalue weighted by molar-refractivity contribution is 5.77. The molecule has 2 aromatic rings. The maximum Gasteiger partial charge on any atom is 0.233 e. The zero-order chi connectivity index (χ0) is 15.9. The molecule has 0 saturated carbocycles. The summed E-state index contributed by atoms with van der Waals surface area (Å²) in [5.74, 6) is 0. The van der Waals surface area contributed by atoms with E-state index in [9.17, 15) is 4.79 Å². The number of benzene rings is 2. The molecule has 1 saturated heterocycles. The number of ether oxygens (including phenoxy) is 1. The van der Waals surface area contributed by atoms with E-state index in [1.54, 1.807) is 12.1 Å². The van der Waals surface area contributed by atoms with E-state index < -0.39 is 0 Å². The number of nitrogens with zero attached hydrogens (tertiary/aromatic N) is 1. The summed E-state index contributed by atoms with van der Waals surface area (Å²) in [5, 5.41) is 0. The van der Waals surface area contributed by atoms with Crippen LogP contribution in [0.5, 0.6) is 0 Å². The predicted octanol–water partition coefficient (Wildman–Crippen LogP) is 3.15. The SMILES string of the molecule is O=[C]c1ccc(/C=C/c2ccc(CN3CCOCC3)cc2)cc1. The zero-order valence-corrected chi connectivity index (χ0v) is 13.1. The molecule has 23 heavy (non-hydrogen) atoms. The van der Waals surface area contributed by atoms with Crippen molar-refractivity contribution in [3.8, 4) is 0 Å². The first-order valence-electron chi connectivity index (χ1n) is 7.89. The molecule has 0 unspecified atom stereocenters. The Morgan fingerprint density at radius 1 is 0.913 bits per heavy atom. The highest BCUT2D eigenvalue weighted by Crippen LogP contribution is 2.12. The monoisotopic (exact) mass is 306 g/mol. The van der Waals surface area contributed by atoms with Crippen molar-refractivity contribution in [2.75, 3.05) is 26.3 Å². The summed E-state index contributed by atoms with van der Waals surface area (Å²) >= 11 is 0. The highest BCUT2D eigenvalue weighted by Gasteiger charge is 2.10. The van der Waals surface area contributed by atoms with Crippen molar-refractivity contribution < 1.29 is 9.53 Å². The maximum atomic E-state index is 10.5. The van der Waals surface area contributed by atoms with Crippen molar-refractivity contribution in [2.45, 2.75) is 6.54 Å². The molecule has 3 heteroatoms. The molecule has 0 aromatic heterocycles. The molecule has 0 aliphatic carbocycles. The molecular formula is C20H20NO2. The summed E-state index contributed by atoms with van der Waals surface area (Å²) in [6.07, 6.45) is 6.01. The molecule has 0 N–H and O–H groups in total. The standard InChI is InChI=1S/C20H20NO2/c22-16-20-9-5-18(6-10-20)2-1-17-3-7-19(8-4-17)15-21-11-13-23-14-12-21/h1-10H,11-15H2/b2-1+. The average molecular weight is 306 g/mol. The minimum atomic E-state index is 0.578. The Labute approximate surface area is 137 Å². The molecule has 3 nitrogen and oxygen atoms in total. The number of hydrogen-bond acceptors (Lipinski definition) is 3. The number of rotatable bonds is 5. The number of morpholine rings is 1. The number of hydrogen-bond donors (Lipinski definition) is 0. The summed E-state index contributed by atoms with van der Waals surface area (Å²) in [6, 6.07) is 16.0. The molecule has 1 fully saturated rings. The summed E-state index contributed by atoms with van der Waals surface area (Å²) in [6.45, 7) is 4.67. The van der Waals surface area contributed by atoms with Crippen LogP contribution in [0.4, 0.5) is 0 Å². The molecule has 1 heterocycles. The average Bonchev–Trinajstić information content (AvgIpc) is 2.62. The van der Waals surface area contributed by atoms with Crippen LogP contribution in [0.25, 0.3) is 12.2 Å². The fraction of sp³-hybridized carbons (Fsp3) is 0.250. The molecule has 0 bridgehead atoms. The van der Waals surface area contributed by atoms with Gasteiger partial charge in [-0.3, -0.25) is 9.69 Å². The number of carbonyl (C=O) groups excluding carboxylic acids is 1. The van der Waals surface area contributed by atoms with Gasteiger partial charge in [-0.1, -0.05) is 60.7 Å². The molecule has 2 aromatic carbocycles. The lowest BCUT2D eigenvalue weighted by molar-refractivity contribution is 0.0342. The molecular weight excluding hydrogens is 286 g/mol. The first kappa shape index (κ1) is 15.7. The van der Waals surface area contributed by atoms with Gasteiger partial charge in [-0.05, 0) is 16.7 Å².